The molecule has 0 amide bonds. The molecule has 0 bridgehead atoms. The first-order valence-corrected chi connectivity index (χ1v) is 5.21. The van der Waals surface area contributed by atoms with Gasteiger partial charge in [-0.2, -0.15) is 5.10 Å². The molecular formula is C11H13N5O2. The fourth-order valence-corrected chi connectivity index (χ4v) is 1.47. The van der Waals surface area contributed by atoms with E-state index in [1.54, 1.807) is 43.2 Å². The molecule has 0 aliphatic carbocycles. The van der Waals surface area contributed by atoms with Gasteiger partial charge in [0, 0.05) is 24.4 Å². The predicted molar refractivity (Wildman–Crippen MR) is 64.8 cm³/mol. The van der Waals surface area contributed by atoms with E-state index in [1.807, 2.05) is 0 Å². The lowest BCUT2D eigenvalue weighted by Gasteiger charge is -2.05. The molecular weight excluding hydrogens is 234 g/mol. The second-order valence-electron chi connectivity index (χ2n) is 3.77. The third-order valence-electron chi connectivity index (χ3n) is 2.24. The zero-order valence-corrected chi connectivity index (χ0v) is 10.0. The SMILES string of the molecule is Cc1cc(/C(N)=N/O)cc(Oc2cnn(C)c2)n1. The van der Waals surface area contributed by atoms with Crippen LogP contribution in [0.4, 0.5) is 0 Å². The average Bonchev–Trinajstić information content (AvgIpc) is 2.73. The number of aromatic nitrogens is 3. The highest BCUT2D eigenvalue weighted by molar-refractivity contribution is 5.97. The third kappa shape index (κ3) is 2.57. The van der Waals surface area contributed by atoms with E-state index in [1.165, 1.54) is 0 Å². The number of ether oxygens (including phenoxy) is 1. The fraction of sp³-hybridized carbons (Fsp3) is 0.182. The zero-order valence-electron chi connectivity index (χ0n) is 10.0. The Morgan fingerprint density at radius 1 is 1.50 bits per heavy atom. The minimum atomic E-state index is 0.0107. The minimum Gasteiger partial charge on any atom is -0.436 e. The molecule has 7 heteroatoms. The molecule has 7 nitrogen and oxygen atoms in total. The number of pyridine rings is 1. The highest BCUT2D eigenvalue weighted by Gasteiger charge is 2.07. The van der Waals surface area contributed by atoms with E-state index in [0.29, 0.717) is 22.9 Å². The quantitative estimate of drug-likeness (QED) is 0.365. The van der Waals surface area contributed by atoms with Crippen LogP contribution in [-0.2, 0) is 7.05 Å². The Morgan fingerprint density at radius 2 is 2.28 bits per heavy atom. The van der Waals surface area contributed by atoms with Crippen LogP contribution >= 0.6 is 0 Å². The molecule has 0 spiro atoms. The van der Waals surface area contributed by atoms with Gasteiger partial charge in [-0.3, -0.25) is 4.68 Å². The van der Waals surface area contributed by atoms with Crippen LogP contribution in [0.2, 0.25) is 0 Å². The lowest BCUT2D eigenvalue weighted by Crippen LogP contribution is -2.13. The van der Waals surface area contributed by atoms with E-state index < -0.39 is 0 Å². The molecule has 0 unspecified atom stereocenters. The highest BCUT2D eigenvalue weighted by atomic mass is 16.5. The summed E-state index contributed by atoms with van der Waals surface area (Å²) in [6.45, 7) is 1.80. The molecule has 0 aliphatic rings. The van der Waals surface area contributed by atoms with Crippen molar-refractivity contribution in [2.24, 2.45) is 17.9 Å². The smallest absolute Gasteiger partial charge is 0.220 e. The number of rotatable bonds is 3. The molecule has 3 N–H and O–H groups in total. The number of hydrogen-bond donors (Lipinski definition) is 2. The van der Waals surface area contributed by atoms with E-state index in [0.717, 1.165) is 0 Å². The van der Waals surface area contributed by atoms with Gasteiger partial charge in [-0.25, -0.2) is 4.98 Å². The van der Waals surface area contributed by atoms with Gasteiger partial charge in [-0.1, -0.05) is 5.16 Å². The van der Waals surface area contributed by atoms with Gasteiger partial charge in [0.2, 0.25) is 5.88 Å². The van der Waals surface area contributed by atoms with Crippen molar-refractivity contribution < 1.29 is 9.94 Å². The number of oxime groups is 1. The summed E-state index contributed by atoms with van der Waals surface area (Å²) in [6, 6.07) is 3.29. The Hall–Kier alpha value is -2.57. The molecule has 18 heavy (non-hydrogen) atoms. The number of hydrogen-bond acceptors (Lipinski definition) is 5. The van der Waals surface area contributed by atoms with Crippen LogP contribution in [0.25, 0.3) is 0 Å². The van der Waals surface area contributed by atoms with Gasteiger partial charge in [-0.05, 0) is 13.0 Å². The molecule has 0 saturated heterocycles. The van der Waals surface area contributed by atoms with Gasteiger partial charge in [0.1, 0.15) is 0 Å². The summed E-state index contributed by atoms with van der Waals surface area (Å²) in [5.74, 6) is 0.946. The van der Waals surface area contributed by atoms with E-state index in [2.05, 4.69) is 15.2 Å². The van der Waals surface area contributed by atoms with Crippen LogP contribution in [0.5, 0.6) is 11.6 Å². The van der Waals surface area contributed by atoms with Crippen molar-refractivity contribution in [3.63, 3.8) is 0 Å². The minimum absolute atomic E-state index is 0.0107. The molecule has 0 aromatic carbocycles. The summed E-state index contributed by atoms with van der Waals surface area (Å²) in [5, 5.41) is 15.6. The Morgan fingerprint density at radius 3 is 2.89 bits per heavy atom. The van der Waals surface area contributed by atoms with Gasteiger partial charge < -0.3 is 15.7 Å². The molecule has 2 heterocycles. The largest absolute Gasteiger partial charge is 0.436 e. The molecule has 0 aliphatic heterocycles. The van der Waals surface area contributed by atoms with Crippen molar-refractivity contribution in [2.45, 2.75) is 6.92 Å². The van der Waals surface area contributed by atoms with Gasteiger partial charge in [0.25, 0.3) is 0 Å². The van der Waals surface area contributed by atoms with Crippen LogP contribution in [0.3, 0.4) is 0 Å². The molecule has 2 aromatic rings. The molecule has 0 saturated carbocycles. The van der Waals surface area contributed by atoms with Crippen molar-refractivity contribution in [3.05, 3.63) is 35.8 Å². The molecule has 2 aromatic heterocycles. The van der Waals surface area contributed by atoms with Crippen molar-refractivity contribution in [2.75, 3.05) is 0 Å². The number of aryl methyl sites for hydroxylation is 2. The second-order valence-corrected chi connectivity index (χ2v) is 3.77. The van der Waals surface area contributed by atoms with E-state index >= 15 is 0 Å². The zero-order chi connectivity index (χ0) is 13.1. The highest BCUT2D eigenvalue weighted by Crippen LogP contribution is 2.20. The maximum atomic E-state index is 8.65. The summed E-state index contributed by atoms with van der Waals surface area (Å²) in [6.07, 6.45) is 3.29. The summed E-state index contributed by atoms with van der Waals surface area (Å²) in [5.41, 5.74) is 6.78. The van der Waals surface area contributed by atoms with Crippen LogP contribution in [-0.4, -0.2) is 25.8 Å². The maximum absolute atomic E-state index is 8.65. The van der Waals surface area contributed by atoms with Crippen LogP contribution < -0.4 is 10.5 Å². The van der Waals surface area contributed by atoms with E-state index in [4.69, 9.17) is 15.7 Å². The first kappa shape index (κ1) is 11.9. The fourth-order valence-electron chi connectivity index (χ4n) is 1.47. The van der Waals surface area contributed by atoms with Gasteiger partial charge in [0.15, 0.2) is 11.6 Å². The van der Waals surface area contributed by atoms with Gasteiger partial charge in [-0.15, -0.1) is 0 Å². The second kappa shape index (κ2) is 4.74. The molecule has 0 fully saturated rings. The first-order chi connectivity index (χ1) is 8.58. The number of nitrogens with zero attached hydrogens (tertiary/aromatic N) is 4. The lowest BCUT2D eigenvalue weighted by atomic mass is 10.2. The van der Waals surface area contributed by atoms with Gasteiger partial charge >= 0.3 is 0 Å². The predicted octanol–water partition coefficient (Wildman–Crippen LogP) is 1.01. The third-order valence-corrected chi connectivity index (χ3v) is 2.24. The summed E-state index contributed by atoms with van der Waals surface area (Å²) >= 11 is 0. The van der Waals surface area contributed by atoms with Crippen molar-refractivity contribution in [1.82, 2.24) is 14.8 Å². The van der Waals surface area contributed by atoms with Crippen LogP contribution in [0, 0.1) is 6.92 Å². The summed E-state index contributed by atoms with van der Waals surface area (Å²) in [7, 11) is 1.79. The number of nitrogens with two attached hydrogens (primary N) is 1. The topological polar surface area (TPSA) is 98.5 Å². The Labute approximate surface area is 104 Å². The summed E-state index contributed by atoms with van der Waals surface area (Å²) in [4.78, 5) is 4.20. The molecule has 0 atom stereocenters. The maximum Gasteiger partial charge on any atom is 0.220 e. The monoisotopic (exact) mass is 247 g/mol. The van der Waals surface area contributed by atoms with E-state index in [9.17, 15) is 0 Å². The van der Waals surface area contributed by atoms with Crippen LogP contribution in [0.15, 0.2) is 29.7 Å². The Kier molecular flexibility index (Phi) is 3.13. The Balaban J connectivity index is 2.31. The Bertz CT molecular complexity index is 591. The average molecular weight is 247 g/mol. The lowest BCUT2D eigenvalue weighted by molar-refractivity contribution is 0.318. The molecule has 94 valence electrons. The molecule has 2 rings (SSSR count). The first-order valence-electron chi connectivity index (χ1n) is 5.21. The molecule has 0 radical (unpaired) electrons. The van der Waals surface area contributed by atoms with Crippen molar-refractivity contribution in [3.8, 4) is 11.6 Å². The number of amidine groups is 1. The van der Waals surface area contributed by atoms with Gasteiger partial charge in [0.05, 0.1) is 12.4 Å². The summed E-state index contributed by atoms with van der Waals surface area (Å²) < 4.78 is 7.15. The normalized spacial score (nSPS) is 11.6. The van der Waals surface area contributed by atoms with E-state index in [-0.39, 0.29) is 5.84 Å². The van der Waals surface area contributed by atoms with Crippen molar-refractivity contribution >= 4 is 5.84 Å². The van der Waals surface area contributed by atoms with Crippen LogP contribution in [0.1, 0.15) is 11.3 Å². The standard InChI is InChI=1S/C11H13N5O2/c1-7-3-8(11(12)15-17)4-10(14-7)18-9-5-13-16(2)6-9/h3-6,17H,1-2H3,(H2,12,15). The van der Waals surface area contributed by atoms with Crippen molar-refractivity contribution in [1.29, 1.82) is 0 Å².